The lowest BCUT2D eigenvalue weighted by atomic mass is 10.1. The van der Waals surface area contributed by atoms with Crippen molar-refractivity contribution in [2.24, 2.45) is 5.92 Å². The minimum absolute atomic E-state index is 0.0269. The van der Waals surface area contributed by atoms with Gasteiger partial charge in [0.15, 0.2) is 0 Å². The molecule has 0 bridgehead atoms. The highest BCUT2D eigenvalue weighted by molar-refractivity contribution is 5.87. The fourth-order valence-corrected chi connectivity index (χ4v) is 1.31. The highest BCUT2D eigenvalue weighted by atomic mass is 16.3. The third-order valence-corrected chi connectivity index (χ3v) is 2.03. The first-order chi connectivity index (χ1) is 5.27. The second-order valence-electron chi connectivity index (χ2n) is 2.83. The monoisotopic (exact) mass is 155 g/mol. The first-order valence-corrected chi connectivity index (χ1v) is 3.80. The summed E-state index contributed by atoms with van der Waals surface area (Å²) in [5.41, 5.74) is 0. The Morgan fingerprint density at radius 1 is 1.82 bits per heavy atom. The van der Waals surface area contributed by atoms with Gasteiger partial charge in [0, 0.05) is 25.6 Å². The standard InChI is InChI=1S/C8H13NO2/c1-2-8(11)9-4-3-7(5-9)6-10/h2,7,10H,1,3-6H2/t7-/m0/s1. The first kappa shape index (κ1) is 8.27. The Labute approximate surface area is 66.3 Å². The van der Waals surface area contributed by atoms with Crippen LogP contribution in [0.5, 0.6) is 0 Å². The topological polar surface area (TPSA) is 40.5 Å². The fourth-order valence-electron chi connectivity index (χ4n) is 1.31. The number of carbonyl (C=O) groups is 1. The van der Waals surface area contributed by atoms with Gasteiger partial charge in [0.1, 0.15) is 0 Å². The summed E-state index contributed by atoms with van der Waals surface area (Å²) in [6, 6.07) is 0. The molecule has 1 amide bonds. The summed E-state index contributed by atoms with van der Waals surface area (Å²) in [5, 5.41) is 8.77. The summed E-state index contributed by atoms with van der Waals surface area (Å²) in [6.07, 6.45) is 2.23. The molecule has 1 atom stereocenters. The number of hydrogen-bond acceptors (Lipinski definition) is 2. The predicted octanol–water partition coefficient (Wildman–Crippen LogP) is 0.0132. The maximum absolute atomic E-state index is 11.0. The van der Waals surface area contributed by atoms with E-state index in [1.165, 1.54) is 6.08 Å². The number of likely N-dealkylation sites (tertiary alicyclic amines) is 1. The molecule has 0 spiro atoms. The highest BCUT2D eigenvalue weighted by Gasteiger charge is 2.23. The van der Waals surface area contributed by atoms with Gasteiger partial charge in [-0.15, -0.1) is 0 Å². The van der Waals surface area contributed by atoms with Crippen molar-refractivity contribution in [1.29, 1.82) is 0 Å². The van der Waals surface area contributed by atoms with Gasteiger partial charge in [0.2, 0.25) is 5.91 Å². The summed E-state index contributed by atoms with van der Waals surface area (Å²) >= 11 is 0. The highest BCUT2D eigenvalue weighted by Crippen LogP contribution is 2.15. The molecule has 3 nitrogen and oxygen atoms in total. The van der Waals surface area contributed by atoms with E-state index in [-0.39, 0.29) is 18.4 Å². The van der Waals surface area contributed by atoms with Crippen molar-refractivity contribution >= 4 is 5.91 Å². The molecule has 11 heavy (non-hydrogen) atoms. The Morgan fingerprint density at radius 2 is 2.55 bits per heavy atom. The van der Waals surface area contributed by atoms with Gasteiger partial charge in [0.05, 0.1) is 0 Å². The molecule has 0 aliphatic carbocycles. The Hall–Kier alpha value is -0.830. The molecule has 0 unspecified atom stereocenters. The first-order valence-electron chi connectivity index (χ1n) is 3.80. The van der Waals surface area contributed by atoms with E-state index in [1.807, 2.05) is 0 Å². The fraction of sp³-hybridized carbons (Fsp3) is 0.625. The van der Waals surface area contributed by atoms with Gasteiger partial charge in [-0.2, -0.15) is 0 Å². The van der Waals surface area contributed by atoms with Crippen molar-refractivity contribution in [3.63, 3.8) is 0 Å². The van der Waals surface area contributed by atoms with Crippen molar-refractivity contribution in [2.75, 3.05) is 19.7 Å². The molecule has 0 aromatic heterocycles. The smallest absolute Gasteiger partial charge is 0.245 e. The van der Waals surface area contributed by atoms with E-state index in [1.54, 1.807) is 4.90 Å². The van der Waals surface area contributed by atoms with E-state index in [0.29, 0.717) is 6.54 Å². The van der Waals surface area contributed by atoms with Crippen LogP contribution in [0.25, 0.3) is 0 Å². The van der Waals surface area contributed by atoms with Crippen molar-refractivity contribution in [2.45, 2.75) is 6.42 Å². The van der Waals surface area contributed by atoms with Crippen LogP contribution in [-0.2, 0) is 4.79 Å². The maximum Gasteiger partial charge on any atom is 0.245 e. The van der Waals surface area contributed by atoms with Gasteiger partial charge in [-0.1, -0.05) is 6.58 Å². The number of nitrogens with zero attached hydrogens (tertiary/aromatic N) is 1. The second kappa shape index (κ2) is 3.53. The molecular weight excluding hydrogens is 142 g/mol. The Kier molecular flexibility index (Phi) is 2.65. The van der Waals surface area contributed by atoms with Gasteiger partial charge in [-0.3, -0.25) is 4.79 Å². The minimum Gasteiger partial charge on any atom is -0.396 e. The molecular formula is C8H13NO2. The van der Waals surface area contributed by atoms with Gasteiger partial charge in [-0.05, 0) is 12.5 Å². The average molecular weight is 155 g/mol. The van der Waals surface area contributed by atoms with Crippen molar-refractivity contribution in [1.82, 2.24) is 4.90 Å². The molecule has 1 saturated heterocycles. The molecule has 1 fully saturated rings. The van der Waals surface area contributed by atoms with Crippen molar-refractivity contribution < 1.29 is 9.90 Å². The molecule has 0 saturated carbocycles. The van der Waals surface area contributed by atoms with Crippen LogP contribution >= 0.6 is 0 Å². The third-order valence-electron chi connectivity index (χ3n) is 2.03. The van der Waals surface area contributed by atoms with E-state index in [4.69, 9.17) is 5.11 Å². The zero-order chi connectivity index (χ0) is 8.27. The Bertz CT molecular complexity index is 167. The molecule has 62 valence electrons. The van der Waals surface area contributed by atoms with Crippen LogP contribution in [0.4, 0.5) is 0 Å². The van der Waals surface area contributed by atoms with Crippen LogP contribution in [0, 0.1) is 5.92 Å². The molecule has 1 aliphatic rings. The number of rotatable bonds is 2. The van der Waals surface area contributed by atoms with Crippen LogP contribution in [0.3, 0.4) is 0 Å². The Morgan fingerprint density at radius 3 is 3.00 bits per heavy atom. The largest absolute Gasteiger partial charge is 0.396 e. The van der Waals surface area contributed by atoms with E-state index < -0.39 is 0 Å². The van der Waals surface area contributed by atoms with Crippen molar-refractivity contribution in [3.8, 4) is 0 Å². The molecule has 1 rings (SSSR count). The summed E-state index contributed by atoms with van der Waals surface area (Å²) in [4.78, 5) is 12.7. The Balaban J connectivity index is 2.41. The van der Waals surface area contributed by atoms with Crippen LogP contribution in [-0.4, -0.2) is 35.6 Å². The zero-order valence-electron chi connectivity index (χ0n) is 6.49. The van der Waals surface area contributed by atoms with Crippen LogP contribution in [0.2, 0.25) is 0 Å². The van der Waals surface area contributed by atoms with E-state index in [0.717, 1.165) is 13.0 Å². The van der Waals surface area contributed by atoms with Gasteiger partial charge < -0.3 is 10.0 Å². The van der Waals surface area contributed by atoms with Gasteiger partial charge >= 0.3 is 0 Å². The van der Waals surface area contributed by atoms with Crippen LogP contribution in [0.1, 0.15) is 6.42 Å². The lowest BCUT2D eigenvalue weighted by molar-refractivity contribution is -0.125. The van der Waals surface area contributed by atoms with Gasteiger partial charge in [-0.25, -0.2) is 0 Å². The van der Waals surface area contributed by atoms with Crippen LogP contribution in [0.15, 0.2) is 12.7 Å². The molecule has 0 aromatic rings. The summed E-state index contributed by atoms with van der Waals surface area (Å²) in [5.74, 6) is 0.250. The van der Waals surface area contributed by atoms with Crippen LogP contribution < -0.4 is 0 Å². The summed E-state index contributed by atoms with van der Waals surface area (Å²) in [7, 11) is 0. The zero-order valence-corrected chi connectivity index (χ0v) is 6.49. The van der Waals surface area contributed by atoms with Crippen molar-refractivity contribution in [3.05, 3.63) is 12.7 Å². The minimum atomic E-state index is -0.0269. The lowest BCUT2D eigenvalue weighted by Gasteiger charge is -2.12. The number of aliphatic hydroxyl groups is 1. The lowest BCUT2D eigenvalue weighted by Crippen LogP contribution is -2.27. The van der Waals surface area contributed by atoms with E-state index >= 15 is 0 Å². The molecule has 0 radical (unpaired) electrons. The second-order valence-corrected chi connectivity index (χ2v) is 2.83. The number of amides is 1. The summed E-state index contributed by atoms with van der Waals surface area (Å²) < 4.78 is 0. The molecule has 1 N–H and O–H groups in total. The van der Waals surface area contributed by atoms with E-state index in [2.05, 4.69) is 6.58 Å². The quantitative estimate of drug-likeness (QED) is 0.571. The van der Waals surface area contributed by atoms with E-state index in [9.17, 15) is 4.79 Å². The number of aliphatic hydroxyl groups excluding tert-OH is 1. The molecule has 3 heteroatoms. The third kappa shape index (κ3) is 1.80. The normalized spacial score (nSPS) is 23.7. The molecule has 1 aliphatic heterocycles. The number of carbonyl (C=O) groups excluding carboxylic acids is 1. The average Bonchev–Trinajstić information content (AvgIpc) is 2.50. The predicted molar refractivity (Wildman–Crippen MR) is 42.0 cm³/mol. The molecule has 0 aromatic carbocycles. The number of hydrogen-bond donors (Lipinski definition) is 1. The summed E-state index contributed by atoms with van der Waals surface area (Å²) in [6.45, 7) is 5.03. The molecule has 1 heterocycles. The SMILES string of the molecule is C=CC(=O)N1CC[C@H](CO)C1. The van der Waals surface area contributed by atoms with Gasteiger partial charge in [0.25, 0.3) is 0 Å². The maximum atomic E-state index is 11.0.